The molecule has 0 aliphatic rings. The maximum absolute atomic E-state index is 10.1. The van der Waals surface area contributed by atoms with E-state index < -0.39 is 6.03 Å². The van der Waals surface area contributed by atoms with Crippen LogP contribution in [0.5, 0.6) is 0 Å². The van der Waals surface area contributed by atoms with E-state index in [0.717, 1.165) is 6.42 Å². The Kier molecular flexibility index (Phi) is 3.79. The molecule has 4 heteroatoms. The van der Waals surface area contributed by atoms with Crippen molar-refractivity contribution in [3.05, 3.63) is 0 Å². The number of urea groups is 1. The minimum Gasteiger partial charge on any atom is -0.351 e. The molecular formula is C5H13N3O. The van der Waals surface area contributed by atoms with E-state index in [9.17, 15) is 4.79 Å². The number of nitrogens with two attached hydrogens (primary N) is 1. The minimum atomic E-state index is -0.546. The zero-order chi connectivity index (χ0) is 7.28. The van der Waals surface area contributed by atoms with Crippen LogP contribution in [0, 0.1) is 0 Å². The summed E-state index contributed by atoms with van der Waals surface area (Å²) in [5.74, 6) is 0. The Morgan fingerprint density at radius 1 is 1.78 bits per heavy atom. The molecule has 0 saturated heterocycles. The summed E-state index contributed by atoms with van der Waals surface area (Å²) >= 11 is 0. The second-order valence-corrected chi connectivity index (χ2v) is 1.94. The van der Waals surface area contributed by atoms with Crippen molar-refractivity contribution in [2.75, 3.05) is 0 Å². The van der Waals surface area contributed by atoms with Crippen LogP contribution in [0.3, 0.4) is 0 Å². The molecule has 0 aliphatic carbocycles. The third-order valence-corrected chi connectivity index (χ3v) is 1.05. The Bertz CT molecular complexity index is 94.2. The molecule has 0 fully saturated rings. The van der Waals surface area contributed by atoms with E-state index in [1.807, 2.05) is 13.8 Å². The average molecular weight is 131 g/mol. The number of hydrogen-bond acceptors (Lipinski definition) is 2. The van der Waals surface area contributed by atoms with Gasteiger partial charge in [-0.1, -0.05) is 6.92 Å². The maximum atomic E-state index is 10.1. The van der Waals surface area contributed by atoms with E-state index in [1.165, 1.54) is 0 Å². The van der Waals surface area contributed by atoms with Gasteiger partial charge in [-0.3, -0.25) is 5.43 Å². The quantitative estimate of drug-likeness (QED) is 0.470. The van der Waals surface area contributed by atoms with Crippen molar-refractivity contribution in [2.24, 2.45) is 5.73 Å². The van der Waals surface area contributed by atoms with Gasteiger partial charge >= 0.3 is 6.03 Å². The van der Waals surface area contributed by atoms with Crippen LogP contribution in [-0.2, 0) is 0 Å². The van der Waals surface area contributed by atoms with Gasteiger partial charge in [0.2, 0.25) is 0 Å². The molecule has 0 bridgehead atoms. The van der Waals surface area contributed by atoms with Crippen molar-refractivity contribution in [3.8, 4) is 0 Å². The smallest absolute Gasteiger partial charge is 0.326 e. The van der Waals surface area contributed by atoms with E-state index >= 15 is 0 Å². The first-order valence-corrected chi connectivity index (χ1v) is 2.97. The van der Waals surface area contributed by atoms with Crippen LogP contribution >= 0.6 is 0 Å². The molecule has 0 spiro atoms. The molecule has 4 N–H and O–H groups in total. The SMILES string of the molecule is CCC(C)NNC(N)=O. The third kappa shape index (κ3) is 5.10. The van der Waals surface area contributed by atoms with Gasteiger partial charge in [0.05, 0.1) is 0 Å². The highest BCUT2D eigenvalue weighted by Crippen LogP contribution is 1.82. The number of carbonyl (C=O) groups excluding carboxylic acids is 1. The van der Waals surface area contributed by atoms with Gasteiger partial charge in [-0.25, -0.2) is 10.2 Å². The average Bonchev–Trinajstić information content (AvgIpc) is 1.83. The fourth-order valence-electron chi connectivity index (χ4n) is 0.296. The molecule has 0 aromatic heterocycles. The number of primary amides is 1. The van der Waals surface area contributed by atoms with E-state index in [2.05, 4.69) is 10.9 Å². The molecule has 0 saturated carbocycles. The molecule has 54 valence electrons. The molecular weight excluding hydrogens is 118 g/mol. The number of amides is 2. The molecule has 0 aromatic rings. The first kappa shape index (κ1) is 8.23. The fourth-order valence-corrected chi connectivity index (χ4v) is 0.296. The predicted octanol–water partition coefficient (Wildman–Crippen LogP) is -0.0422. The van der Waals surface area contributed by atoms with Gasteiger partial charge < -0.3 is 5.73 Å². The summed E-state index contributed by atoms with van der Waals surface area (Å²) in [6.45, 7) is 3.97. The summed E-state index contributed by atoms with van der Waals surface area (Å²) in [4.78, 5) is 10.1. The predicted molar refractivity (Wildman–Crippen MR) is 35.6 cm³/mol. The zero-order valence-electron chi connectivity index (χ0n) is 5.77. The Morgan fingerprint density at radius 2 is 2.33 bits per heavy atom. The standard InChI is InChI=1S/C5H13N3O/c1-3-4(2)7-8-5(6)9/h4,7H,3H2,1-2H3,(H3,6,8,9). The second kappa shape index (κ2) is 4.14. The highest BCUT2D eigenvalue weighted by atomic mass is 16.2. The first-order valence-electron chi connectivity index (χ1n) is 2.97. The summed E-state index contributed by atoms with van der Waals surface area (Å²) < 4.78 is 0. The number of carbonyl (C=O) groups is 1. The molecule has 1 unspecified atom stereocenters. The summed E-state index contributed by atoms with van der Waals surface area (Å²) in [7, 11) is 0. The molecule has 1 atom stereocenters. The zero-order valence-corrected chi connectivity index (χ0v) is 5.77. The summed E-state index contributed by atoms with van der Waals surface area (Å²) in [5, 5.41) is 0. The van der Waals surface area contributed by atoms with Crippen molar-refractivity contribution in [3.63, 3.8) is 0 Å². The lowest BCUT2D eigenvalue weighted by Gasteiger charge is -2.09. The monoisotopic (exact) mass is 131 g/mol. The molecule has 4 nitrogen and oxygen atoms in total. The molecule has 0 aromatic carbocycles. The van der Waals surface area contributed by atoms with Crippen molar-refractivity contribution < 1.29 is 4.79 Å². The van der Waals surface area contributed by atoms with Crippen LogP contribution in [0.25, 0.3) is 0 Å². The highest BCUT2D eigenvalue weighted by Gasteiger charge is 1.95. The van der Waals surface area contributed by atoms with Crippen LogP contribution in [0.2, 0.25) is 0 Å². The molecule has 9 heavy (non-hydrogen) atoms. The van der Waals surface area contributed by atoms with Gasteiger partial charge in [-0.2, -0.15) is 0 Å². The summed E-state index contributed by atoms with van der Waals surface area (Å²) in [6.07, 6.45) is 0.959. The molecule has 0 heterocycles. The normalized spacial score (nSPS) is 12.7. The van der Waals surface area contributed by atoms with E-state index in [1.54, 1.807) is 0 Å². The summed E-state index contributed by atoms with van der Waals surface area (Å²) in [6, 6.07) is -0.271. The Balaban J connectivity index is 3.16. The number of hydrogen-bond donors (Lipinski definition) is 3. The van der Waals surface area contributed by atoms with Gasteiger partial charge in [0.15, 0.2) is 0 Å². The third-order valence-electron chi connectivity index (χ3n) is 1.05. The van der Waals surface area contributed by atoms with Gasteiger partial charge in [-0.05, 0) is 13.3 Å². The van der Waals surface area contributed by atoms with Crippen molar-refractivity contribution in [1.29, 1.82) is 0 Å². The first-order chi connectivity index (χ1) is 4.16. The van der Waals surface area contributed by atoms with Crippen LogP contribution < -0.4 is 16.6 Å². The lowest BCUT2D eigenvalue weighted by molar-refractivity contribution is 0.242. The topological polar surface area (TPSA) is 67.2 Å². The molecule has 0 rings (SSSR count). The van der Waals surface area contributed by atoms with Gasteiger partial charge in [0, 0.05) is 6.04 Å². The Hall–Kier alpha value is -0.770. The van der Waals surface area contributed by atoms with Gasteiger partial charge in [-0.15, -0.1) is 0 Å². The lowest BCUT2D eigenvalue weighted by Crippen LogP contribution is -2.45. The number of hydrazine groups is 1. The minimum absolute atomic E-state index is 0.275. The molecule has 0 radical (unpaired) electrons. The Morgan fingerprint density at radius 3 is 2.67 bits per heavy atom. The molecule has 0 aliphatic heterocycles. The van der Waals surface area contributed by atoms with E-state index in [0.29, 0.717) is 0 Å². The van der Waals surface area contributed by atoms with Crippen molar-refractivity contribution in [1.82, 2.24) is 10.9 Å². The van der Waals surface area contributed by atoms with Crippen LogP contribution in [-0.4, -0.2) is 12.1 Å². The summed E-state index contributed by atoms with van der Waals surface area (Å²) in [5.41, 5.74) is 9.78. The fraction of sp³-hybridized carbons (Fsp3) is 0.800. The Labute approximate surface area is 54.8 Å². The van der Waals surface area contributed by atoms with Gasteiger partial charge in [0.1, 0.15) is 0 Å². The largest absolute Gasteiger partial charge is 0.351 e. The highest BCUT2D eigenvalue weighted by molar-refractivity contribution is 5.70. The van der Waals surface area contributed by atoms with Crippen molar-refractivity contribution in [2.45, 2.75) is 26.3 Å². The van der Waals surface area contributed by atoms with Crippen LogP contribution in [0.4, 0.5) is 4.79 Å². The number of nitrogens with one attached hydrogen (secondary N) is 2. The van der Waals surface area contributed by atoms with Gasteiger partial charge in [0.25, 0.3) is 0 Å². The van der Waals surface area contributed by atoms with E-state index in [4.69, 9.17) is 5.73 Å². The van der Waals surface area contributed by atoms with E-state index in [-0.39, 0.29) is 6.04 Å². The maximum Gasteiger partial charge on any atom is 0.326 e. The van der Waals surface area contributed by atoms with Crippen molar-refractivity contribution >= 4 is 6.03 Å². The molecule has 2 amide bonds. The second-order valence-electron chi connectivity index (χ2n) is 1.94. The van der Waals surface area contributed by atoms with Crippen LogP contribution in [0.1, 0.15) is 20.3 Å². The number of rotatable bonds is 3. The lowest BCUT2D eigenvalue weighted by atomic mass is 10.3. The van der Waals surface area contributed by atoms with Crippen LogP contribution in [0.15, 0.2) is 0 Å².